The van der Waals surface area contributed by atoms with Gasteiger partial charge in [-0.25, -0.2) is 4.98 Å². The monoisotopic (exact) mass is 233 g/mol. The fraction of sp³-hybridized carbons (Fsp3) is 0.643. The van der Waals surface area contributed by atoms with Gasteiger partial charge in [0.05, 0.1) is 5.69 Å². The van der Waals surface area contributed by atoms with Crippen LogP contribution in [0.2, 0.25) is 0 Å². The maximum atomic E-state index is 4.59. The van der Waals surface area contributed by atoms with E-state index in [0.717, 1.165) is 24.0 Å². The summed E-state index contributed by atoms with van der Waals surface area (Å²) in [6, 6.07) is 6.89. The normalized spacial score (nSPS) is 25.8. The Labute approximate surface area is 104 Å². The zero-order valence-corrected chi connectivity index (χ0v) is 11.1. The Morgan fingerprint density at radius 1 is 1.35 bits per heavy atom. The van der Waals surface area contributed by atoms with Crippen LogP contribution in [0, 0.1) is 5.92 Å². The molecule has 0 aromatic carbocycles. The molecule has 3 heteroatoms. The van der Waals surface area contributed by atoms with Crippen molar-refractivity contribution in [1.29, 1.82) is 0 Å². The molecule has 0 bridgehead atoms. The second-order valence-corrected chi connectivity index (χ2v) is 5.23. The van der Waals surface area contributed by atoms with Crippen molar-refractivity contribution in [1.82, 2.24) is 9.88 Å². The number of nitrogens with one attached hydrogen (secondary N) is 1. The van der Waals surface area contributed by atoms with Crippen LogP contribution in [0.25, 0.3) is 0 Å². The molecule has 2 atom stereocenters. The minimum absolute atomic E-state index is 0.686. The van der Waals surface area contributed by atoms with Gasteiger partial charge in [0.15, 0.2) is 0 Å². The van der Waals surface area contributed by atoms with Gasteiger partial charge in [-0.1, -0.05) is 13.0 Å². The summed E-state index contributed by atoms with van der Waals surface area (Å²) in [6.07, 6.45) is 2.68. The number of nitrogens with zero attached hydrogens (tertiary/aromatic N) is 2. The van der Waals surface area contributed by atoms with Gasteiger partial charge >= 0.3 is 0 Å². The van der Waals surface area contributed by atoms with E-state index in [1.165, 1.54) is 19.4 Å². The summed E-state index contributed by atoms with van der Waals surface area (Å²) in [5, 5.41) is 3.09. The maximum absolute atomic E-state index is 4.59. The van der Waals surface area contributed by atoms with E-state index < -0.39 is 0 Å². The summed E-state index contributed by atoms with van der Waals surface area (Å²) in [5.41, 5.74) is 1.16. The fourth-order valence-corrected chi connectivity index (χ4v) is 2.52. The lowest BCUT2D eigenvalue weighted by atomic mass is 9.95. The number of anilines is 1. The molecule has 0 saturated carbocycles. The lowest BCUT2D eigenvalue weighted by Gasteiger charge is -2.36. The van der Waals surface area contributed by atoms with Crippen molar-refractivity contribution in [2.24, 2.45) is 5.92 Å². The number of likely N-dealkylation sites (tertiary alicyclic amines) is 1. The van der Waals surface area contributed by atoms with E-state index in [4.69, 9.17) is 0 Å². The molecule has 2 heterocycles. The van der Waals surface area contributed by atoms with Crippen molar-refractivity contribution < 1.29 is 0 Å². The molecule has 1 aromatic heterocycles. The van der Waals surface area contributed by atoms with E-state index in [1.807, 2.05) is 13.1 Å². The summed E-state index contributed by atoms with van der Waals surface area (Å²) in [4.78, 5) is 7.14. The summed E-state index contributed by atoms with van der Waals surface area (Å²) < 4.78 is 0. The molecule has 0 aliphatic carbocycles. The maximum Gasteiger partial charge on any atom is 0.126 e. The van der Waals surface area contributed by atoms with Gasteiger partial charge in [0.1, 0.15) is 5.82 Å². The first kappa shape index (κ1) is 12.4. The number of hydrogen-bond donors (Lipinski definition) is 1. The van der Waals surface area contributed by atoms with Crippen LogP contribution in [-0.4, -0.2) is 29.5 Å². The minimum atomic E-state index is 0.686. The molecule has 1 N–H and O–H groups in total. The van der Waals surface area contributed by atoms with Gasteiger partial charge in [0, 0.05) is 26.2 Å². The van der Waals surface area contributed by atoms with Crippen LogP contribution in [0.3, 0.4) is 0 Å². The Morgan fingerprint density at radius 2 is 2.18 bits per heavy atom. The summed E-state index contributed by atoms with van der Waals surface area (Å²) in [6.45, 7) is 6.85. The van der Waals surface area contributed by atoms with Gasteiger partial charge in [-0.3, -0.25) is 4.90 Å². The van der Waals surface area contributed by atoms with Crippen molar-refractivity contribution in [2.75, 3.05) is 18.9 Å². The third kappa shape index (κ3) is 3.19. The molecule has 0 radical (unpaired) electrons. The van der Waals surface area contributed by atoms with Crippen LogP contribution in [0.5, 0.6) is 0 Å². The average molecular weight is 233 g/mol. The molecule has 2 unspecified atom stereocenters. The van der Waals surface area contributed by atoms with Gasteiger partial charge in [-0.05, 0) is 37.8 Å². The van der Waals surface area contributed by atoms with Crippen molar-refractivity contribution >= 4 is 5.82 Å². The van der Waals surface area contributed by atoms with E-state index >= 15 is 0 Å². The molecular weight excluding hydrogens is 210 g/mol. The summed E-state index contributed by atoms with van der Waals surface area (Å²) >= 11 is 0. The lowest BCUT2D eigenvalue weighted by molar-refractivity contribution is 0.116. The number of aromatic nitrogens is 1. The molecule has 1 saturated heterocycles. The molecule has 94 valence electrons. The second kappa shape index (κ2) is 5.50. The Hall–Kier alpha value is -1.09. The molecule has 0 spiro atoms. The highest BCUT2D eigenvalue weighted by Gasteiger charge is 2.22. The van der Waals surface area contributed by atoms with Crippen LogP contribution < -0.4 is 5.32 Å². The largest absolute Gasteiger partial charge is 0.373 e. The first-order valence-electron chi connectivity index (χ1n) is 6.56. The number of hydrogen-bond acceptors (Lipinski definition) is 3. The molecule has 1 fully saturated rings. The summed E-state index contributed by atoms with van der Waals surface area (Å²) in [5.74, 6) is 1.78. The van der Waals surface area contributed by atoms with Crippen LogP contribution in [0.1, 0.15) is 32.4 Å². The van der Waals surface area contributed by atoms with Crippen molar-refractivity contribution in [3.63, 3.8) is 0 Å². The zero-order valence-electron chi connectivity index (χ0n) is 11.1. The van der Waals surface area contributed by atoms with Gasteiger partial charge in [-0.15, -0.1) is 0 Å². The highest BCUT2D eigenvalue weighted by atomic mass is 15.2. The van der Waals surface area contributed by atoms with Crippen molar-refractivity contribution in [3.05, 3.63) is 23.9 Å². The molecule has 3 nitrogen and oxygen atoms in total. The summed E-state index contributed by atoms with van der Waals surface area (Å²) in [7, 11) is 1.91. The van der Waals surface area contributed by atoms with Crippen LogP contribution in [-0.2, 0) is 6.54 Å². The highest BCUT2D eigenvalue weighted by Crippen LogP contribution is 2.22. The number of rotatable bonds is 3. The van der Waals surface area contributed by atoms with E-state index in [-0.39, 0.29) is 0 Å². The lowest BCUT2D eigenvalue weighted by Crippen LogP contribution is -2.40. The molecular formula is C14H23N3. The molecule has 1 aliphatic heterocycles. The Morgan fingerprint density at radius 3 is 2.94 bits per heavy atom. The predicted molar refractivity (Wildman–Crippen MR) is 72.1 cm³/mol. The van der Waals surface area contributed by atoms with Crippen LogP contribution in [0.4, 0.5) is 5.82 Å². The molecule has 1 aliphatic rings. The quantitative estimate of drug-likeness (QED) is 0.870. The third-order valence-electron chi connectivity index (χ3n) is 3.67. The zero-order chi connectivity index (χ0) is 12.3. The standard InChI is InChI=1S/C14H23N3/c1-11-7-8-12(2)17(9-11)10-13-5-4-6-14(15-3)16-13/h4-6,11-12H,7-10H2,1-3H3,(H,15,16). The second-order valence-electron chi connectivity index (χ2n) is 5.23. The minimum Gasteiger partial charge on any atom is -0.373 e. The number of piperidine rings is 1. The average Bonchev–Trinajstić information content (AvgIpc) is 2.34. The van der Waals surface area contributed by atoms with Gasteiger partial charge in [0.2, 0.25) is 0 Å². The van der Waals surface area contributed by atoms with Gasteiger partial charge in [0.25, 0.3) is 0 Å². The van der Waals surface area contributed by atoms with E-state index in [1.54, 1.807) is 0 Å². The number of pyridine rings is 1. The topological polar surface area (TPSA) is 28.2 Å². The Bertz CT molecular complexity index is 364. The predicted octanol–water partition coefficient (Wildman–Crippen LogP) is 2.74. The highest BCUT2D eigenvalue weighted by molar-refractivity contribution is 5.34. The molecule has 2 rings (SSSR count). The van der Waals surface area contributed by atoms with Gasteiger partial charge in [-0.2, -0.15) is 0 Å². The van der Waals surface area contributed by atoms with E-state index in [2.05, 4.69) is 41.2 Å². The van der Waals surface area contributed by atoms with Gasteiger partial charge < -0.3 is 5.32 Å². The van der Waals surface area contributed by atoms with Crippen molar-refractivity contribution in [2.45, 2.75) is 39.3 Å². The molecule has 1 aromatic rings. The molecule has 0 amide bonds. The Kier molecular flexibility index (Phi) is 4.00. The molecule has 17 heavy (non-hydrogen) atoms. The third-order valence-corrected chi connectivity index (χ3v) is 3.67. The first-order chi connectivity index (χ1) is 8.19. The van der Waals surface area contributed by atoms with Crippen molar-refractivity contribution in [3.8, 4) is 0 Å². The Balaban J connectivity index is 2.03. The van der Waals surface area contributed by atoms with Crippen LogP contribution in [0.15, 0.2) is 18.2 Å². The fourth-order valence-electron chi connectivity index (χ4n) is 2.52. The van der Waals surface area contributed by atoms with Crippen LogP contribution >= 0.6 is 0 Å². The SMILES string of the molecule is CNc1cccc(CN2CC(C)CCC2C)n1. The van der Waals surface area contributed by atoms with E-state index in [0.29, 0.717) is 6.04 Å². The smallest absolute Gasteiger partial charge is 0.126 e. The first-order valence-corrected chi connectivity index (χ1v) is 6.56. The van der Waals surface area contributed by atoms with E-state index in [9.17, 15) is 0 Å².